The lowest BCUT2D eigenvalue weighted by Crippen LogP contribution is -2.52. The Balaban J connectivity index is 0.783. The maximum atomic E-state index is 14.8. The average molecular weight is 802 g/mol. The molecule has 2 saturated heterocycles. The molecule has 3 aromatic rings. The summed E-state index contributed by atoms with van der Waals surface area (Å²) in [5.41, 5.74) is 3.87. The number of likely N-dealkylation sites (tertiary alicyclic amines) is 1. The number of imide groups is 1. The number of piperidine rings is 2. The Kier molecular flexibility index (Phi) is 13.4. The molecular weight excluding hydrogens is 749 g/mol. The van der Waals surface area contributed by atoms with Gasteiger partial charge in [0.05, 0.1) is 23.9 Å². The molecule has 4 heterocycles. The quantitative estimate of drug-likeness (QED) is 0.0979. The van der Waals surface area contributed by atoms with Gasteiger partial charge in [0.15, 0.2) is 11.5 Å². The molecule has 3 aliphatic heterocycles. The molecular formula is C44H53ClFN5O6. The van der Waals surface area contributed by atoms with Gasteiger partial charge in [-0.3, -0.25) is 29.5 Å². The summed E-state index contributed by atoms with van der Waals surface area (Å²) in [5.74, 6) is 0.166. The SMILES string of the molecule is Cc1cncc(Cl)c1NC(=O)c1ccc(OCCCCCCCCCN2CCC(c3cc(F)cc4c3CN(C3CCC(=O)NC3=O)C4=O)CC2)c(OCC2CC2)c1. The number of anilines is 1. The monoisotopic (exact) mass is 801 g/mol. The predicted molar refractivity (Wildman–Crippen MR) is 215 cm³/mol. The first-order valence-corrected chi connectivity index (χ1v) is 21.0. The van der Waals surface area contributed by atoms with Gasteiger partial charge in [0.1, 0.15) is 11.9 Å². The first-order chi connectivity index (χ1) is 27.6. The second-order valence-electron chi connectivity index (χ2n) is 16.0. The van der Waals surface area contributed by atoms with Gasteiger partial charge in [0.2, 0.25) is 11.8 Å². The summed E-state index contributed by atoms with van der Waals surface area (Å²) in [6, 6.07) is 7.48. The van der Waals surface area contributed by atoms with Crippen LogP contribution in [0.15, 0.2) is 42.7 Å². The van der Waals surface area contributed by atoms with Gasteiger partial charge in [0, 0.05) is 36.5 Å². The maximum absolute atomic E-state index is 14.8. The summed E-state index contributed by atoms with van der Waals surface area (Å²) in [7, 11) is 0. The summed E-state index contributed by atoms with van der Waals surface area (Å²) in [4.78, 5) is 58.6. The Morgan fingerprint density at radius 2 is 1.68 bits per heavy atom. The highest BCUT2D eigenvalue weighted by molar-refractivity contribution is 6.34. The number of rotatable bonds is 18. The number of ether oxygens (including phenoxy) is 2. The average Bonchev–Trinajstić information content (AvgIpc) is 3.98. The van der Waals surface area contributed by atoms with E-state index in [-0.39, 0.29) is 36.6 Å². The van der Waals surface area contributed by atoms with E-state index >= 15 is 0 Å². The van der Waals surface area contributed by atoms with Crippen molar-refractivity contribution in [1.29, 1.82) is 0 Å². The van der Waals surface area contributed by atoms with Gasteiger partial charge < -0.3 is 24.6 Å². The van der Waals surface area contributed by atoms with Crippen molar-refractivity contribution in [2.24, 2.45) is 5.92 Å². The summed E-state index contributed by atoms with van der Waals surface area (Å²) < 4.78 is 27.0. The molecule has 11 nitrogen and oxygen atoms in total. The Hall–Kier alpha value is -4.55. The zero-order chi connectivity index (χ0) is 39.9. The number of nitrogens with one attached hydrogen (secondary N) is 2. The highest BCUT2D eigenvalue weighted by Gasteiger charge is 2.41. The van der Waals surface area contributed by atoms with Crippen LogP contribution in [0.4, 0.5) is 10.1 Å². The van der Waals surface area contributed by atoms with E-state index in [9.17, 15) is 23.6 Å². The van der Waals surface area contributed by atoms with Crippen molar-refractivity contribution in [2.75, 3.05) is 38.2 Å². The summed E-state index contributed by atoms with van der Waals surface area (Å²) in [6.07, 6.45) is 15.7. The minimum atomic E-state index is -0.706. The zero-order valence-electron chi connectivity index (χ0n) is 32.8. The Labute approximate surface area is 339 Å². The summed E-state index contributed by atoms with van der Waals surface area (Å²) in [5, 5.41) is 5.63. The number of carbonyl (C=O) groups is 4. The number of benzene rings is 2. The van der Waals surface area contributed by atoms with Gasteiger partial charge in [-0.25, -0.2) is 4.39 Å². The van der Waals surface area contributed by atoms with Crippen LogP contribution >= 0.6 is 11.6 Å². The highest BCUT2D eigenvalue weighted by Crippen LogP contribution is 2.38. The van der Waals surface area contributed by atoms with Gasteiger partial charge in [-0.2, -0.15) is 0 Å². The number of carbonyl (C=O) groups excluding carboxylic acids is 4. The zero-order valence-corrected chi connectivity index (χ0v) is 33.5. The van der Waals surface area contributed by atoms with E-state index in [1.54, 1.807) is 24.4 Å². The van der Waals surface area contributed by atoms with Gasteiger partial charge in [0.25, 0.3) is 11.8 Å². The first kappa shape index (κ1) is 40.6. The minimum absolute atomic E-state index is 0.166. The van der Waals surface area contributed by atoms with Crippen molar-refractivity contribution in [3.05, 3.63) is 81.4 Å². The number of hydrogen-bond donors (Lipinski definition) is 2. The molecule has 2 N–H and O–H groups in total. The number of aryl methyl sites for hydroxylation is 1. The smallest absolute Gasteiger partial charge is 0.255 e. The van der Waals surface area contributed by atoms with Crippen molar-refractivity contribution in [2.45, 2.75) is 109 Å². The predicted octanol–water partition coefficient (Wildman–Crippen LogP) is 7.97. The van der Waals surface area contributed by atoms with Crippen LogP contribution < -0.4 is 20.1 Å². The lowest BCUT2D eigenvalue weighted by atomic mass is 9.85. The second kappa shape index (κ2) is 18.8. The van der Waals surface area contributed by atoms with Crippen LogP contribution in [0.5, 0.6) is 11.5 Å². The third kappa shape index (κ3) is 10.3. The number of pyridine rings is 1. The molecule has 57 heavy (non-hydrogen) atoms. The molecule has 4 aliphatic rings. The van der Waals surface area contributed by atoms with Gasteiger partial charge in [-0.15, -0.1) is 0 Å². The van der Waals surface area contributed by atoms with Crippen molar-refractivity contribution < 1.29 is 33.0 Å². The van der Waals surface area contributed by atoms with E-state index in [1.807, 2.05) is 13.0 Å². The molecule has 1 atom stereocenters. The first-order valence-electron chi connectivity index (χ1n) is 20.6. The van der Waals surface area contributed by atoms with Gasteiger partial charge >= 0.3 is 0 Å². The van der Waals surface area contributed by atoms with E-state index in [2.05, 4.69) is 20.5 Å². The Bertz CT molecular complexity index is 1940. The molecule has 3 fully saturated rings. The molecule has 4 amide bonds. The second-order valence-corrected chi connectivity index (χ2v) is 16.5. The lowest BCUT2D eigenvalue weighted by Gasteiger charge is -2.33. The minimum Gasteiger partial charge on any atom is -0.490 e. The molecule has 0 spiro atoms. The molecule has 1 aliphatic carbocycles. The molecule has 1 unspecified atom stereocenters. The molecule has 0 bridgehead atoms. The molecule has 7 rings (SSSR count). The number of nitrogens with zero attached hydrogens (tertiary/aromatic N) is 3. The van der Waals surface area contributed by atoms with Crippen molar-refractivity contribution in [1.82, 2.24) is 20.1 Å². The van der Waals surface area contributed by atoms with Crippen LogP contribution in [-0.4, -0.2) is 77.3 Å². The topological polar surface area (TPSA) is 130 Å². The summed E-state index contributed by atoms with van der Waals surface area (Å²) >= 11 is 6.27. The third-order valence-electron chi connectivity index (χ3n) is 11.8. The standard InChI is InChI=1S/C44H53ClFN5O6/c1-28-24-47-25-36(45)41(28)49-42(53)31-11-13-38(39(21-31)57-27-29-9-10-29)56-20-8-6-4-2-3-5-7-17-50-18-15-30(16-19-50)33-22-32(46)23-34-35(33)26-51(44(34)55)37-12-14-40(52)48-43(37)54/h11,13,21-25,29-30,37H,2-10,12,14-20,26-27H2,1H3,(H,47,49,53)(H,48,52,54). The van der Waals surface area contributed by atoms with Crippen LogP contribution in [0, 0.1) is 18.7 Å². The Morgan fingerprint density at radius 3 is 2.42 bits per heavy atom. The van der Waals surface area contributed by atoms with E-state index in [0.717, 1.165) is 87.7 Å². The number of fused-ring (bicyclic) bond motifs is 1. The van der Waals surface area contributed by atoms with E-state index < -0.39 is 17.8 Å². The van der Waals surface area contributed by atoms with E-state index in [4.69, 9.17) is 21.1 Å². The Morgan fingerprint density at radius 1 is 0.930 bits per heavy atom. The van der Waals surface area contributed by atoms with Crippen LogP contribution in [-0.2, 0) is 16.1 Å². The fourth-order valence-electron chi connectivity index (χ4n) is 8.24. The molecule has 2 aromatic carbocycles. The summed E-state index contributed by atoms with van der Waals surface area (Å²) in [6.45, 7) is 6.24. The van der Waals surface area contributed by atoms with Crippen LogP contribution in [0.2, 0.25) is 5.02 Å². The van der Waals surface area contributed by atoms with Crippen molar-refractivity contribution >= 4 is 40.9 Å². The van der Waals surface area contributed by atoms with Gasteiger partial charge in [-0.1, -0.05) is 43.7 Å². The lowest BCUT2D eigenvalue weighted by molar-refractivity contribution is -0.136. The van der Waals surface area contributed by atoms with Crippen LogP contribution in [0.25, 0.3) is 0 Å². The molecule has 13 heteroatoms. The number of aromatic nitrogens is 1. The maximum Gasteiger partial charge on any atom is 0.255 e. The van der Waals surface area contributed by atoms with Crippen LogP contribution in [0.3, 0.4) is 0 Å². The fraction of sp³-hybridized carbons (Fsp3) is 0.523. The normalized spacial score (nSPS) is 18.8. The molecule has 1 aromatic heterocycles. The number of hydrogen-bond acceptors (Lipinski definition) is 8. The van der Waals surface area contributed by atoms with E-state index in [1.165, 1.54) is 36.4 Å². The largest absolute Gasteiger partial charge is 0.490 e. The van der Waals surface area contributed by atoms with Crippen molar-refractivity contribution in [3.8, 4) is 11.5 Å². The van der Waals surface area contributed by atoms with Crippen molar-refractivity contribution in [3.63, 3.8) is 0 Å². The fourth-order valence-corrected chi connectivity index (χ4v) is 8.49. The van der Waals surface area contributed by atoms with Gasteiger partial charge in [-0.05, 0) is 130 Å². The molecule has 1 saturated carbocycles. The van der Waals surface area contributed by atoms with Crippen LogP contribution in [0.1, 0.15) is 127 Å². The molecule has 0 radical (unpaired) electrons. The number of unbranched alkanes of at least 4 members (excludes halogenated alkanes) is 6. The highest BCUT2D eigenvalue weighted by atomic mass is 35.5. The third-order valence-corrected chi connectivity index (χ3v) is 12.1. The number of amides is 4. The van der Waals surface area contributed by atoms with E-state index in [0.29, 0.717) is 58.9 Å². The number of halogens is 2. The molecule has 304 valence electrons.